The molecule has 1 heteroatoms. The molecule has 1 spiro atoms. The highest BCUT2D eigenvalue weighted by molar-refractivity contribution is 5.96. The fourth-order valence-electron chi connectivity index (χ4n) is 9.66. The van der Waals surface area contributed by atoms with Crippen molar-refractivity contribution in [3.8, 4) is 44.9 Å². The Kier molecular flexibility index (Phi) is 5.86. The maximum absolute atomic E-state index is 6.74. The molecule has 0 bridgehead atoms. The van der Waals surface area contributed by atoms with Gasteiger partial charge in [-0.3, -0.25) is 0 Å². The van der Waals surface area contributed by atoms with Crippen molar-refractivity contribution < 1.29 is 4.74 Å². The Morgan fingerprint density at radius 3 is 1.25 bits per heavy atom. The molecule has 8 aromatic rings. The van der Waals surface area contributed by atoms with Crippen LogP contribution < -0.4 is 4.74 Å². The summed E-state index contributed by atoms with van der Waals surface area (Å²) in [5.74, 6) is 1.77. The van der Waals surface area contributed by atoms with Crippen LogP contribution in [0.25, 0.3) is 33.4 Å². The molecule has 0 amide bonds. The minimum Gasteiger partial charge on any atom is -0.457 e. The van der Waals surface area contributed by atoms with E-state index >= 15 is 0 Å². The Hall–Kier alpha value is -6.44. The number of rotatable bonds is 3. The molecule has 3 aliphatic rings. The molecular weight excluding hydrogens is 617 g/mol. The quantitative estimate of drug-likeness (QED) is 0.185. The van der Waals surface area contributed by atoms with Crippen LogP contribution in [0.5, 0.6) is 11.5 Å². The SMILES string of the molecule is c1ccc(C2(c3ccccc3)c3ccccc3Oc3ccc(-c4ccc5c(c4)C4(c6ccccc6-c6ccccc64)c4ccccc4-5)cc32)cc1. The zero-order chi connectivity index (χ0) is 33.6. The molecule has 51 heavy (non-hydrogen) atoms. The molecule has 0 N–H and O–H groups in total. The molecular formula is C50H32O. The van der Waals surface area contributed by atoms with Crippen molar-refractivity contribution in [1.29, 1.82) is 0 Å². The molecule has 8 aromatic carbocycles. The average Bonchev–Trinajstić information content (AvgIpc) is 3.67. The second-order valence-electron chi connectivity index (χ2n) is 13.9. The molecule has 11 rings (SSSR count). The molecule has 1 heterocycles. The molecule has 2 aliphatic carbocycles. The van der Waals surface area contributed by atoms with E-state index in [4.69, 9.17) is 4.74 Å². The van der Waals surface area contributed by atoms with E-state index in [1.165, 1.54) is 66.8 Å². The molecule has 238 valence electrons. The lowest BCUT2D eigenvalue weighted by Crippen LogP contribution is -2.34. The minimum absolute atomic E-state index is 0.386. The summed E-state index contributed by atoms with van der Waals surface area (Å²) in [5.41, 5.74) is 16.8. The van der Waals surface area contributed by atoms with Crippen molar-refractivity contribution in [2.45, 2.75) is 10.8 Å². The zero-order valence-corrected chi connectivity index (χ0v) is 27.9. The smallest absolute Gasteiger partial charge is 0.132 e. The molecule has 1 nitrogen and oxygen atoms in total. The normalized spacial score (nSPS) is 14.7. The summed E-state index contributed by atoms with van der Waals surface area (Å²) >= 11 is 0. The molecule has 0 unspecified atom stereocenters. The van der Waals surface area contributed by atoms with Crippen LogP contribution in [0.3, 0.4) is 0 Å². The first kappa shape index (κ1) is 28.4. The lowest BCUT2D eigenvalue weighted by molar-refractivity contribution is 0.434. The molecule has 0 aromatic heterocycles. The molecule has 1 aliphatic heterocycles. The van der Waals surface area contributed by atoms with Crippen LogP contribution in [-0.2, 0) is 10.8 Å². The molecule has 0 atom stereocenters. The predicted molar refractivity (Wildman–Crippen MR) is 207 cm³/mol. The van der Waals surface area contributed by atoms with E-state index < -0.39 is 5.41 Å². The van der Waals surface area contributed by atoms with E-state index in [0.29, 0.717) is 0 Å². The Bertz CT molecular complexity index is 2570. The Morgan fingerprint density at radius 2 is 0.686 bits per heavy atom. The lowest BCUT2D eigenvalue weighted by atomic mass is 9.63. The first-order chi connectivity index (χ1) is 25.3. The minimum atomic E-state index is -0.569. The number of ether oxygens (including phenoxy) is 1. The van der Waals surface area contributed by atoms with Crippen molar-refractivity contribution in [3.63, 3.8) is 0 Å². The standard InChI is InChI=1S/C50H32O/c1-3-15-35(16-4-1)49(36-17-5-2-6-18-36)44-25-13-14-26-47(44)51-48-30-28-34(32-46(48)49)33-27-29-40-39-21-9-12-24-43(39)50(45(40)31-33)41-22-10-7-19-37(41)38-20-8-11-23-42(38)50/h1-32H. The maximum atomic E-state index is 6.74. The van der Waals surface area contributed by atoms with Gasteiger partial charge in [0.1, 0.15) is 11.5 Å². The number of hydrogen-bond donors (Lipinski definition) is 0. The van der Waals surface area contributed by atoms with Crippen molar-refractivity contribution >= 4 is 0 Å². The lowest BCUT2D eigenvalue weighted by Gasteiger charge is -2.41. The molecule has 0 fully saturated rings. The van der Waals surface area contributed by atoms with Gasteiger partial charge < -0.3 is 4.74 Å². The Labute approximate surface area is 298 Å². The highest BCUT2D eigenvalue weighted by Crippen LogP contribution is 2.63. The first-order valence-electron chi connectivity index (χ1n) is 17.8. The zero-order valence-electron chi connectivity index (χ0n) is 27.9. The van der Waals surface area contributed by atoms with Crippen molar-refractivity contribution in [3.05, 3.63) is 239 Å². The molecule has 0 saturated carbocycles. The average molecular weight is 649 g/mol. The van der Waals surface area contributed by atoms with E-state index in [-0.39, 0.29) is 5.41 Å². The van der Waals surface area contributed by atoms with Crippen molar-refractivity contribution in [2.75, 3.05) is 0 Å². The van der Waals surface area contributed by atoms with Crippen molar-refractivity contribution in [1.82, 2.24) is 0 Å². The van der Waals surface area contributed by atoms with E-state index in [1.54, 1.807) is 0 Å². The van der Waals surface area contributed by atoms with Crippen LogP contribution in [0.4, 0.5) is 0 Å². The number of hydrogen-bond acceptors (Lipinski definition) is 1. The Balaban J connectivity index is 1.18. The van der Waals surface area contributed by atoms with Gasteiger partial charge in [0.2, 0.25) is 0 Å². The second kappa shape index (κ2) is 10.5. The maximum Gasteiger partial charge on any atom is 0.132 e. The molecule has 0 saturated heterocycles. The van der Waals surface area contributed by atoms with Crippen LogP contribution in [0.1, 0.15) is 44.5 Å². The summed E-state index contributed by atoms with van der Waals surface area (Å²) in [4.78, 5) is 0. The third-order valence-electron chi connectivity index (χ3n) is 11.6. The largest absolute Gasteiger partial charge is 0.457 e. The fraction of sp³-hybridized carbons (Fsp3) is 0.0400. The summed E-state index contributed by atoms with van der Waals surface area (Å²) < 4.78 is 6.74. The summed E-state index contributed by atoms with van der Waals surface area (Å²) in [7, 11) is 0. The van der Waals surface area contributed by atoms with Crippen LogP contribution in [-0.4, -0.2) is 0 Å². The predicted octanol–water partition coefficient (Wildman–Crippen LogP) is 12.2. The van der Waals surface area contributed by atoms with E-state index in [1.807, 2.05) is 0 Å². The van der Waals surface area contributed by atoms with Gasteiger partial charge in [-0.25, -0.2) is 0 Å². The van der Waals surface area contributed by atoms with Gasteiger partial charge in [-0.05, 0) is 91.0 Å². The summed E-state index contributed by atoms with van der Waals surface area (Å²) in [5, 5.41) is 0. The summed E-state index contributed by atoms with van der Waals surface area (Å²) in [6, 6.07) is 71.3. The monoisotopic (exact) mass is 648 g/mol. The van der Waals surface area contributed by atoms with Gasteiger partial charge in [-0.15, -0.1) is 0 Å². The van der Waals surface area contributed by atoms with Gasteiger partial charge in [0.25, 0.3) is 0 Å². The van der Waals surface area contributed by atoms with Crippen LogP contribution in [0, 0.1) is 0 Å². The van der Waals surface area contributed by atoms with Gasteiger partial charge >= 0.3 is 0 Å². The number of para-hydroxylation sites is 1. The second-order valence-corrected chi connectivity index (χ2v) is 13.9. The van der Waals surface area contributed by atoms with Crippen LogP contribution in [0.2, 0.25) is 0 Å². The van der Waals surface area contributed by atoms with Gasteiger partial charge in [0, 0.05) is 11.1 Å². The number of benzene rings is 8. The van der Waals surface area contributed by atoms with E-state index in [9.17, 15) is 0 Å². The topological polar surface area (TPSA) is 9.23 Å². The van der Waals surface area contributed by atoms with Crippen LogP contribution in [0.15, 0.2) is 194 Å². The molecule has 0 radical (unpaired) electrons. The first-order valence-corrected chi connectivity index (χ1v) is 17.8. The van der Waals surface area contributed by atoms with E-state index in [0.717, 1.165) is 22.6 Å². The van der Waals surface area contributed by atoms with Gasteiger partial charge in [-0.2, -0.15) is 0 Å². The summed E-state index contributed by atoms with van der Waals surface area (Å²) in [6.07, 6.45) is 0. The van der Waals surface area contributed by atoms with Gasteiger partial charge in [0.05, 0.1) is 10.8 Å². The third kappa shape index (κ3) is 3.65. The number of fused-ring (bicyclic) bond motifs is 12. The van der Waals surface area contributed by atoms with E-state index in [2.05, 4.69) is 194 Å². The van der Waals surface area contributed by atoms with Crippen LogP contribution >= 0.6 is 0 Å². The highest BCUT2D eigenvalue weighted by Gasteiger charge is 2.51. The van der Waals surface area contributed by atoms with Gasteiger partial charge in [0.15, 0.2) is 0 Å². The van der Waals surface area contributed by atoms with Gasteiger partial charge in [-0.1, -0.05) is 170 Å². The highest BCUT2D eigenvalue weighted by atomic mass is 16.5. The fourth-order valence-corrected chi connectivity index (χ4v) is 9.66. The van der Waals surface area contributed by atoms with Crippen molar-refractivity contribution in [2.24, 2.45) is 0 Å². The summed E-state index contributed by atoms with van der Waals surface area (Å²) in [6.45, 7) is 0. The Morgan fingerprint density at radius 1 is 0.275 bits per heavy atom. The third-order valence-corrected chi connectivity index (χ3v) is 11.6.